The number of rotatable bonds is 17. The third-order valence-electron chi connectivity index (χ3n) is 7.73. The average Bonchev–Trinajstić information content (AvgIpc) is 2.70. The highest BCUT2D eigenvalue weighted by molar-refractivity contribution is 6.77. The molecule has 0 aromatic rings. The van der Waals surface area contributed by atoms with E-state index in [-0.39, 0.29) is 23.5 Å². The Bertz CT molecular complexity index is 581. The van der Waals surface area contributed by atoms with E-state index in [1.54, 1.807) is 14.2 Å². The molecule has 0 fully saturated rings. The van der Waals surface area contributed by atoms with Crippen molar-refractivity contribution in [2.45, 2.75) is 137 Å². The van der Waals surface area contributed by atoms with Crippen LogP contribution in [0, 0.1) is 17.3 Å². The number of hydrogen-bond donors (Lipinski definition) is 0. The van der Waals surface area contributed by atoms with Gasteiger partial charge in [0.1, 0.15) is 11.9 Å². The molecule has 35 heavy (non-hydrogen) atoms. The van der Waals surface area contributed by atoms with Crippen molar-refractivity contribution in [2.75, 3.05) is 20.8 Å². The Balaban J connectivity index is 5.82. The maximum atomic E-state index is 12.0. The number of hydrogen-bond acceptors (Lipinski definition) is 5. The van der Waals surface area contributed by atoms with Crippen molar-refractivity contribution in [1.82, 2.24) is 0 Å². The third-order valence-corrected chi connectivity index (χ3v) is 14.8. The molecule has 0 aromatic heterocycles. The molecule has 0 bridgehead atoms. The van der Waals surface area contributed by atoms with Gasteiger partial charge in [0.25, 0.3) is 0 Å². The van der Waals surface area contributed by atoms with Gasteiger partial charge in [-0.15, -0.1) is 0 Å². The SMILES string of the molecule is CO[C@@H](C[C@@H](C)CO[Si](C(C)C)(C(C)C)C(C)C)[C@H]([C@H](C[C@](C)(C=O)O[SiH](C)C)OC)C(C)(C)C. The Kier molecular flexibility index (Phi) is 14.7. The standard InChI is InChI=1S/C28H60O5Si2/c1-20(2)35(21(3)4,22(5)6)32-18-23(7)16-24(30-12)26(27(8,9)10)25(31-13)17-28(11,19-29)33-34(14)15/h19-26,34H,16-18H2,1-15H3/t23-,24+,25+,26-,28-/m1/s1. The molecule has 0 aromatic carbocycles. The first-order chi connectivity index (χ1) is 15.9. The third kappa shape index (κ3) is 9.97. The molecule has 0 heterocycles. The lowest BCUT2D eigenvalue weighted by Crippen LogP contribution is -2.50. The van der Waals surface area contributed by atoms with Crippen molar-refractivity contribution in [1.29, 1.82) is 0 Å². The summed E-state index contributed by atoms with van der Waals surface area (Å²) < 4.78 is 25.3. The summed E-state index contributed by atoms with van der Waals surface area (Å²) in [6.07, 6.45) is 2.19. The van der Waals surface area contributed by atoms with Gasteiger partial charge < -0.3 is 23.1 Å². The van der Waals surface area contributed by atoms with Crippen molar-refractivity contribution in [3.05, 3.63) is 0 Å². The highest BCUT2D eigenvalue weighted by Crippen LogP contribution is 2.43. The molecule has 0 aliphatic rings. The summed E-state index contributed by atoms with van der Waals surface area (Å²) >= 11 is 0. The lowest BCUT2D eigenvalue weighted by molar-refractivity contribution is -0.132. The fourth-order valence-corrected chi connectivity index (χ4v) is 13.2. The van der Waals surface area contributed by atoms with Crippen LogP contribution in [0.2, 0.25) is 29.7 Å². The molecule has 7 heteroatoms. The summed E-state index contributed by atoms with van der Waals surface area (Å²) in [6, 6.07) is 0. The maximum Gasteiger partial charge on any atom is 0.200 e. The molecule has 0 saturated heterocycles. The summed E-state index contributed by atoms with van der Waals surface area (Å²) in [5, 5.41) is 0. The smallest absolute Gasteiger partial charge is 0.200 e. The fourth-order valence-electron chi connectivity index (χ4n) is 6.41. The summed E-state index contributed by atoms with van der Waals surface area (Å²) in [7, 11) is 0.238. The molecule has 0 rings (SSSR count). The first-order valence-electron chi connectivity index (χ1n) is 13.7. The van der Waals surface area contributed by atoms with Crippen LogP contribution in [-0.2, 0) is 23.1 Å². The van der Waals surface area contributed by atoms with Gasteiger partial charge in [0, 0.05) is 33.2 Å². The molecular formula is C28H60O5Si2. The molecule has 0 amide bonds. The minimum atomic E-state index is -1.91. The Labute approximate surface area is 221 Å². The van der Waals surface area contributed by atoms with E-state index in [9.17, 15) is 4.79 Å². The van der Waals surface area contributed by atoms with Crippen LogP contribution in [0.5, 0.6) is 0 Å². The van der Waals surface area contributed by atoms with Crippen LogP contribution in [0.4, 0.5) is 0 Å². The lowest BCUT2D eigenvalue weighted by Gasteiger charge is -2.45. The largest absolute Gasteiger partial charge is 0.416 e. The van der Waals surface area contributed by atoms with E-state index in [1.165, 1.54) is 0 Å². The van der Waals surface area contributed by atoms with Gasteiger partial charge >= 0.3 is 0 Å². The minimum absolute atomic E-state index is 0.0148. The Morgan fingerprint density at radius 1 is 0.829 bits per heavy atom. The molecule has 0 aliphatic carbocycles. The van der Waals surface area contributed by atoms with Crippen LogP contribution in [0.15, 0.2) is 0 Å². The Morgan fingerprint density at radius 2 is 1.29 bits per heavy atom. The number of methoxy groups -OCH3 is 2. The summed E-state index contributed by atoms with van der Waals surface area (Å²) in [5.74, 6) is 0.446. The second-order valence-electron chi connectivity index (χ2n) is 13.2. The molecule has 210 valence electrons. The highest BCUT2D eigenvalue weighted by atomic mass is 28.4. The second kappa shape index (κ2) is 14.8. The van der Waals surface area contributed by atoms with Crippen molar-refractivity contribution < 1.29 is 23.1 Å². The molecule has 5 nitrogen and oxygen atoms in total. The minimum Gasteiger partial charge on any atom is -0.416 e. The number of ether oxygens (including phenoxy) is 2. The topological polar surface area (TPSA) is 54.0 Å². The van der Waals surface area contributed by atoms with Crippen LogP contribution in [0.25, 0.3) is 0 Å². The fraction of sp³-hybridized carbons (Fsp3) is 0.964. The van der Waals surface area contributed by atoms with E-state index in [0.29, 0.717) is 29.0 Å². The summed E-state index contributed by atoms with van der Waals surface area (Å²) in [6.45, 7) is 29.8. The van der Waals surface area contributed by atoms with Crippen molar-refractivity contribution in [3.63, 3.8) is 0 Å². The monoisotopic (exact) mass is 532 g/mol. The van der Waals surface area contributed by atoms with E-state index in [1.807, 2.05) is 6.92 Å². The van der Waals surface area contributed by atoms with Crippen LogP contribution >= 0.6 is 0 Å². The molecule has 0 spiro atoms. The summed E-state index contributed by atoms with van der Waals surface area (Å²) in [5.41, 5.74) is 0.790. The van der Waals surface area contributed by atoms with Gasteiger partial charge in [-0.25, -0.2) is 0 Å². The van der Waals surface area contributed by atoms with Gasteiger partial charge in [-0.1, -0.05) is 69.2 Å². The van der Waals surface area contributed by atoms with Gasteiger partial charge in [0.15, 0.2) is 17.4 Å². The second-order valence-corrected chi connectivity index (χ2v) is 21.0. The van der Waals surface area contributed by atoms with Crippen LogP contribution in [-0.4, -0.2) is 62.3 Å². The van der Waals surface area contributed by atoms with Gasteiger partial charge in [-0.05, 0) is 54.4 Å². The van der Waals surface area contributed by atoms with Gasteiger partial charge in [-0.2, -0.15) is 0 Å². The van der Waals surface area contributed by atoms with E-state index in [2.05, 4.69) is 82.3 Å². The van der Waals surface area contributed by atoms with Gasteiger partial charge in [0.05, 0.1) is 12.2 Å². The van der Waals surface area contributed by atoms with Crippen LogP contribution in [0.3, 0.4) is 0 Å². The average molecular weight is 533 g/mol. The molecule has 0 aliphatic heterocycles. The number of carbonyl (C=O) groups excluding carboxylic acids is 1. The predicted molar refractivity (Wildman–Crippen MR) is 154 cm³/mol. The quantitative estimate of drug-likeness (QED) is 0.146. The molecule has 0 saturated carbocycles. The van der Waals surface area contributed by atoms with E-state index in [0.717, 1.165) is 19.3 Å². The Hall–Kier alpha value is -0.0562. The van der Waals surface area contributed by atoms with Gasteiger partial charge in [0.2, 0.25) is 0 Å². The highest BCUT2D eigenvalue weighted by Gasteiger charge is 2.46. The molecule has 0 N–H and O–H groups in total. The molecular weight excluding hydrogens is 472 g/mol. The van der Waals surface area contributed by atoms with Crippen molar-refractivity contribution in [2.24, 2.45) is 17.3 Å². The maximum absolute atomic E-state index is 12.0. The first kappa shape index (κ1) is 34.9. The van der Waals surface area contributed by atoms with Gasteiger partial charge in [-0.3, -0.25) is 0 Å². The normalized spacial score (nSPS) is 18.7. The van der Waals surface area contributed by atoms with E-state index >= 15 is 0 Å². The molecule has 0 radical (unpaired) electrons. The van der Waals surface area contributed by atoms with Crippen LogP contribution in [0.1, 0.15) is 89.0 Å². The van der Waals surface area contributed by atoms with Crippen molar-refractivity contribution >= 4 is 23.6 Å². The Morgan fingerprint density at radius 3 is 1.60 bits per heavy atom. The van der Waals surface area contributed by atoms with E-state index in [4.69, 9.17) is 18.3 Å². The predicted octanol–water partition coefficient (Wildman–Crippen LogP) is 7.24. The number of aldehydes is 1. The lowest BCUT2D eigenvalue weighted by atomic mass is 9.70. The van der Waals surface area contributed by atoms with Crippen LogP contribution < -0.4 is 0 Å². The van der Waals surface area contributed by atoms with Crippen molar-refractivity contribution in [3.8, 4) is 0 Å². The zero-order valence-corrected chi connectivity index (χ0v) is 28.0. The molecule has 5 atom stereocenters. The first-order valence-corrected chi connectivity index (χ1v) is 18.7. The summed E-state index contributed by atoms with van der Waals surface area (Å²) in [4.78, 5) is 12.0. The molecule has 0 unspecified atom stereocenters. The van der Waals surface area contributed by atoms with E-state index < -0.39 is 23.0 Å². The number of carbonyl (C=O) groups is 1. The zero-order chi connectivity index (χ0) is 27.8. The zero-order valence-electron chi connectivity index (χ0n) is 25.9.